The summed E-state index contributed by atoms with van der Waals surface area (Å²) in [6.45, 7) is 6.62. The summed E-state index contributed by atoms with van der Waals surface area (Å²) in [4.78, 5) is 4.30. The Morgan fingerprint density at radius 3 is 2.21 bits per heavy atom. The van der Waals surface area contributed by atoms with Crippen molar-refractivity contribution in [2.24, 2.45) is 0 Å². The molecule has 0 unspecified atom stereocenters. The van der Waals surface area contributed by atoms with Gasteiger partial charge in [-0.3, -0.25) is 0 Å². The zero-order valence-corrected chi connectivity index (χ0v) is 13.0. The average molecular weight is 327 g/mol. The molecule has 0 saturated carbocycles. The summed E-state index contributed by atoms with van der Waals surface area (Å²) in [5, 5.41) is 2.14. The number of aryl methyl sites for hydroxylation is 1. The monoisotopic (exact) mass is 328 g/mol. The van der Waals surface area contributed by atoms with E-state index in [1.54, 1.807) is 0 Å². The largest absolute Gasteiger partial charge is 0.143 e. The van der Waals surface area contributed by atoms with Gasteiger partial charge in [0.25, 0.3) is 0 Å². The maximum absolute atomic E-state index is 2.22. The third-order valence-corrected chi connectivity index (χ3v) is 4.79. The van der Waals surface area contributed by atoms with Gasteiger partial charge in [0.2, 0.25) is 0 Å². The van der Waals surface area contributed by atoms with Gasteiger partial charge in [-0.15, -0.1) is 22.7 Å². The first-order chi connectivity index (χ1) is 6.20. The molecule has 4 radical (unpaired) electrons. The van der Waals surface area contributed by atoms with Crippen molar-refractivity contribution in [3.63, 3.8) is 0 Å². The molecule has 0 atom stereocenters. The van der Waals surface area contributed by atoms with E-state index in [0.717, 1.165) is 0 Å². The predicted molar refractivity (Wildman–Crippen MR) is 67.6 cm³/mol. The molecule has 14 heavy (non-hydrogen) atoms. The summed E-state index contributed by atoms with van der Waals surface area (Å²) >= 11 is 3.73. The Morgan fingerprint density at radius 2 is 1.79 bits per heavy atom. The van der Waals surface area contributed by atoms with Crippen LogP contribution in [0, 0.1) is 20.8 Å². The minimum Gasteiger partial charge on any atom is -0.143 e. The fraction of sp³-hybridized carbons (Fsp3) is 0.273. The minimum absolute atomic E-state index is 0. The molecule has 0 spiro atoms. The van der Waals surface area contributed by atoms with E-state index < -0.39 is 0 Å². The predicted octanol–water partition coefficient (Wildman–Crippen LogP) is 4.02. The van der Waals surface area contributed by atoms with Gasteiger partial charge in [0.15, 0.2) is 0 Å². The molecule has 3 heteroatoms. The molecule has 0 aliphatic heterocycles. The Kier molecular flexibility index (Phi) is 4.22. The van der Waals surface area contributed by atoms with Crippen molar-refractivity contribution in [1.82, 2.24) is 0 Å². The van der Waals surface area contributed by atoms with Gasteiger partial charge in [0.1, 0.15) is 0 Å². The quantitative estimate of drug-likeness (QED) is 0.694. The van der Waals surface area contributed by atoms with Crippen LogP contribution in [0.15, 0.2) is 17.5 Å². The zero-order chi connectivity index (χ0) is 9.42. The Bertz CT molecular complexity index is 413. The fourth-order valence-corrected chi connectivity index (χ4v) is 3.46. The smallest absolute Gasteiger partial charge is 0.0477 e. The summed E-state index contributed by atoms with van der Waals surface area (Å²) in [5.41, 5.74) is 2.90. The van der Waals surface area contributed by atoms with Crippen LogP contribution in [0.5, 0.6) is 0 Å². The minimum atomic E-state index is 0. The Balaban J connectivity index is 0.000000980. The average Bonchev–Trinajstić information content (AvgIpc) is 2.70. The van der Waals surface area contributed by atoms with Crippen molar-refractivity contribution in [3.05, 3.63) is 33.5 Å². The van der Waals surface area contributed by atoms with Crippen molar-refractivity contribution in [2.45, 2.75) is 20.8 Å². The second-order valence-electron chi connectivity index (χ2n) is 3.21. The molecule has 0 nitrogen and oxygen atoms in total. The molecular weight excluding hydrogens is 315 g/mol. The molecule has 0 saturated heterocycles. The van der Waals surface area contributed by atoms with E-state index in [2.05, 4.69) is 38.3 Å². The van der Waals surface area contributed by atoms with E-state index in [4.69, 9.17) is 0 Å². The summed E-state index contributed by atoms with van der Waals surface area (Å²) < 4.78 is 0. The van der Waals surface area contributed by atoms with E-state index in [0.29, 0.717) is 0 Å². The third kappa shape index (κ3) is 2.07. The van der Waals surface area contributed by atoms with Gasteiger partial charge >= 0.3 is 0 Å². The van der Waals surface area contributed by atoms with Gasteiger partial charge in [0.05, 0.1) is 0 Å². The summed E-state index contributed by atoms with van der Waals surface area (Å²) in [6.07, 6.45) is 0. The molecule has 0 aromatic carbocycles. The molecular formula is C11H12S2Sn. The van der Waals surface area contributed by atoms with Gasteiger partial charge in [-0.05, 0) is 43.3 Å². The summed E-state index contributed by atoms with van der Waals surface area (Å²) in [6, 6.07) is 4.31. The van der Waals surface area contributed by atoms with Crippen molar-refractivity contribution in [2.75, 3.05) is 0 Å². The molecule has 0 aliphatic rings. The topological polar surface area (TPSA) is 0 Å². The van der Waals surface area contributed by atoms with Crippen LogP contribution < -0.4 is 0 Å². The number of hydrogen-bond donors (Lipinski definition) is 0. The van der Waals surface area contributed by atoms with Crippen molar-refractivity contribution >= 4 is 46.6 Å². The van der Waals surface area contributed by atoms with Gasteiger partial charge in [0, 0.05) is 38.5 Å². The van der Waals surface area contributed by atoms with Crippen LogP contribution in [-0.2, 0) is 0 Å². The first-order valence-electron chi connectivity index (χ1n) is 4.30. The number of thiophene rings is 2. The van der Waals surface area contributed by atoms with Gasteiger partial charge < -0.3 is 0 Å². The van der Waals surface area contributed by atoms with Crippen LogP contribution in [0.1, 0.15) is 16.0 Å². The van der Waals surface area contributed by atoms with E-state index in [1.807, 2.05) is 22.7 Å². The standard InChI is InChI=1S/C11H12S2.Sn/c1-7-8(2)11(13-9(7)3)10-5-4-6-12-10;/h4-6H,1-3H3;. The van der Waals surface area contributed by atoms with Crippen LogP contribution in [0.2, 0.25) is 0 Å². The van der Waals surface area contributed by atoms with E-state index in [-0.39, 0.29) is 23.9 Å². The Labute approximate surface area is 110 Å². The molecule has 2 aromatic rings. The van der Waals surface area contributed by atoms with Crippen LogP contribution in [-0.4, -0.2) is 23.9 Å². The molecule has 0 N–H and O–H groups in total. The zero-order valence-electron chi connectivity index (χ0n) is 8.55. The molecule has 2 heterocycles. The number of hydrogen-bond acceptors (Lipinski definition) is 2. The summed E-state index contributed by atoms with van der Waals surface area (Å²) in [5.74, 6) is 0. The van der Waals surface area contributed by atoms with Gasteiger partial charge in [-0.2, -0.15) is 0 Å². The number of rotatable bonds is 1. The molecule has 2 aromatic heterocycles. The molecule has 0 amide bonds. The molecule has 0 fully saturated rings. The maximum atomic E-state index is 2.22. The van der Waals surface area contributed by atoms with Gasteiger partial charge in [-0.25, -0.2) is 0 Å². The second-order valence-corrected chi connectivity index (χ2v) is 5.39. The normalized spacial score (nSPS) is 9.93. The van der Waals surface area contributed by atoms with Crippen LogP contribution >= 0.6 is 22.7 Å². The van der Waals surface area contributed by atoms with E-state index in [9.17, 15) is 0 Å². The molecule has 0 aliphatic carbocycles. The summed E-state index contributed by atoms with van der Waals surface area (Å²) in [7, 11) is 0. The Morgan fingerprint density at radius 1 is 1.07 bits per heavy atom. The van der Waals surface area contributed by atoms with Gasteiger partial charge in [-0.1, -0.05) is 6.07 Å². The molecule has 0 bridgehead atoms. The first kappa shape index (κ1) is 12.3. The third-order valence-electron chi connectivity index (χ3n) is 2.43. The van der Waals surface area contributed by atoms with Crippen molar-refractivity contribution < 1.29 is 0 Å². The SMILES string of the molecule is Cc1sc(-c2cccs2)c(C)c1C.[Sn]. The fourth-order valence-electron chi connectivity index (χ4n) is 1.38. The van der Waals surface area contributed by atoms with Crippen LogP contribution in [0.25, 0.3) is 9.75 Å². The van der Waals surface area contributed by atoms with E-state index >= 15 is 0 Å². The van der Waals surface area contributed by atoms with Crippen LogP contribution in [0.4, 0.5) is 0 Å². The van der Waals surface area contributed by atoms with Crippen LogP contribution in [0.3, 0.4) is 0 Å². The second kappa shape index (κ2) is 4.81. The van der Waals surface area contributed by atoms with Crippen molar-refractivity contribution in [1.29, 1.82) is 0 Å². The maximum Gasteiger partial charge on any atom is 0.0477 e. The Hall–Kier alpha value is 0.199. The van der Waals surface area contributed by atoms with Crippen molar-refractivity contribution in [3.8, 4) is 9.75 Å². The first-order valence-corrected chi connectivity index (χ1v) is 6.00. The van der Waals surface area contributed by atoms with E-state index in [1.165, 1.54) is 25.8 Å². The molecule has 72 valence electrons. The molecule has 2 rings (SSSR count).